The smallest absolute Gasteiger partial charge is 0.245 e. The van der Waals surface area contributed by atoms with E-state index in [1.807, 2.05) is 36.7 Å². The molecule has 0 unspecified atom stereocenters. The molecule has 0 fully saturated rings. The van der Waals surface area contributed by atoms with Crippen LogP contribution in [-0.2, 0) is 11.3 Å². The van der Waals surface area contributed by atoms with Crippen molar-refractivity contribution in [3.05, 3.63) is 48.9 Å². The van der Waals surface area contributed by atoms with E-state index in [-0.39, 0.29) is 5.91 Å². The zero-order valence-electron chi connectivity index (χ0n) is 8.13. The summed E-state index contributed by atoms with van der Waals surface area (Å²) in [5.41, 5.74) is 0. The van der Waals surface area contributed by atoms with Crippen molar-refractivity contribution in [2.45, 2.75) is 6.54 Å². The Labute approximate surface area is 87.6 Å². The number of aromatic nitrogens is 2. The molecule has 0 spiro atoms. The lowest BCUT2D eigenvalue weighted by Crippen LogP contribution is -2.18. The van der Waals surface area contributed by atoms with Crippen LogP contribution in [0.5, 0.6) is 0 Å². The van der Waals surface area contributed by atoms with Crippen LogP contribution >= 0.6 is 0 Å². The van der Waals surface area contributed by atoms with Gasteiger partial charge in [-0.05, 0) is 24.3 Å². The summed E-state index contributed by atoms with van der Waals surface area (Å²) in [6.07, 6.45) is 5.33. The Morgan fingerprint density at radius 1 is 1.27 bits per heavy atom. The van der Waals surface area contributed by atoms with Crippen LogP contribution < -0.4 is 5.32 Å². The largest absolute Gasteiger partial charge is 0.345 e. The fourth-order valence-corrected chi connectivity index (χ4v) is 1.26. The van der Waals surface area contributed by atoms with Crippen molar-refractivity contribution < 1.29 is 4.79 Å². The molecule has 0 aliphatic rings. The van der Waals surface area contributed by atoms with E-state index < -0.39 is 0 Å². The van der Waals surface area contributed by atoms with Crippen LogP contribution in [0.1, 0.15) is 0 Å². The number of nitrogens with one attached hydrogen (secondary N) is 1. The minimum atomic E-state index is -0.0788. The van der Waals surface area contributed by atoms with Gasteiger partial charge >= 0.3 is 0 Å². The maximum Gasteiger partial charge on any atom is 0.245 e. The normalized spacial score (nSPS) is 9.87. The first kappa shape index (κ1) is 9.45. The maximum absolute atomic E-state index is 11.5. The summed E-state index contributed by atoms with van der Waals surface area (Å²) >= 11 is 0. The quantitative estimate of drug-likeness (QED) is 0.818. The molecule has 4 nitrogen and oxygen atoms in total. The van der Waals surface area contributed by atoms with Crippen LogP contribution in [0.3, 0.4) is 0 Å². The van der Waals surface area contributed by atoms with E-state index in [2.05, 4.69) is 10.3 Å². The Bertz CT molecular complexity index is 422. The van der Waals surface area contributed by atoms with Crippen molar-refractivity contribution in [2.24, 2.45) is 0 Å². The molecule has 15 heavy (non-hydrogen) atoms. The zero-order chi connectivity index (χ0) is 10.5. The van der Waals surface area contributed by atoms with Gasteiger partial charge in [-0.3, -0.25) is 4.79 Å². The molecule has 1 amide bonds. The Morgan fingerprint density at radius 3 is 2.73 bits per heavy atom. The van der Waals surface area contributed by atoms with Crippen LogP contribution in [0.2, 0.25) is 0 Å². The van der Waals surface area contributed by atoms with E-state index in [0.717, 1.165) is 0 Å². The third-order valence-corrected chi connectivity index (χ3v) is 1.92. The van der Waals surface area contributed by atoms with E-state index in [0.29, 0.717) is 12.4 Å². The van der Waals surface area contributed by atoms with E-state index in [4.69, 9.17) is 0 Å². The molecule has 2 aromatic heterocycles. The second-order valence-corrected chi connectivity index (χ2v) is 3.12. The maximum atomic E-state index is 11.5. The van der Waals surface area contributed by atoms with Gasteiger partial charge < -0.3 is 9.88 Å². The summed E-state index contributed by atoms with van der Waals surface area (Å²) in [5, 5.41) is 2.71. The topological polar surface area (TPSA) is 46.9 Å². The van der Waals surface area contributed by atoms with Crippen molar-refractivity contribution in [3.63, 3.8) is 0 Å². The standard InChI is InChI=1S/C11H11N3O/c15-11(9-14-7-3-4-8-14)13-10-5-1-2-6-12-10/h1-8H,9H2,(H,12,13,15). The molecule has 0 aliphatic heterocycles. The van der Waals surface area contributed by atoms with E-state index >= 15 is 0 Å². The van der Waals surface area contributed by atoms with Gasteiger partial charge in [0.05, 0.1) is 0 Å². The number of carbonyl (C=O) groups is 1. The first-order valence-electron chi connectivity index (χ1n) is 4.66. The van der Waals surface area contributed by atoms with Gasteiger partial charge in [-0.1, -0.05) is 6.07 Å². The second-order valence-electron chi connectivity index (χ2n) is 3.12. The van der Waals surface area contributed by atoms with E-state index in [1.54, 1.807) is 16.8 Å². The van der Waals surface area contributed by atoms with Gasteiger partial charge in [0.25, 0.3) is 0 Å². The lowest BCUT2D eigenvalue weighted by Gasteiger charge is -2.04. The fourth-order valence-electron chi connectivity index (χ4n) is 1.26. The minimum absolute atomic E-state index is 0.0788. The predicted octanol–water partition coefficient (Wildman–Crippen LogP) is 1.52. The van der Waals surface area contributed by atoms with Gasteiger partial charge in [0, 0.05) is 18.6 Å². The summed E-state index contributed by atoms with van der Waals surface area (Å²) in [6.45, 7) is 0.309. The average Bonchev–Trinajstić information content (AvgIpc) is 2.71. The molecule has 0 saturated carbocycles. The molecule has 1 N–H and O–H groups in total. The van der Waals surface area contributed by atoms with Crippen molar-refractivity contribution >= 4 is 11.7 Å². The van der Waals surface area contributed by atoms with Crippen molar-refractivity contribution in [3.8, 4) is 0 Å². The van der Waals surface area contributed by atoms with Crippen LogP contribution in [0.15, 0.2) is 48.9 Å². The molecule has 0 aromatic carbocycles. The van der Waals surface area contributed by atoms with Gasteiger partial charge in [0.1, 0.15) is 12.4 Å². The summed E-state index contributed by atoms with van der Waals surface area (Å²) in [5.74, 6) is 0.500. The molecule has 0 aliphatic carbocycles. The summed E-state index contributed by atoms with van der Waals surface area (Å²) in [7, 11) is 0. The van der Waals surface area contributed by atoms with Gasteiger partial charge in [-0.15, -0.1) is 0 Å². The predicted molar refractivity (Wildman–Crippen MR) is 57.3 cm³/mol. The highest BCUT2D eigenvalue weighted by Gasteiger charge is 2.02. The summed E-state index contributed by atoms with van der Waals surface area (Å²) in [6, 6.07) is 9.16. The molecule has 2 heterocycles. The van der Waals surface area contributed by atoms with E-state index in [9.17, 15) is 4.79 Å². The van der Waals surface area contributed by atoms with Crippen molar-refractivity contribution in [2.75, 3.05) is 5.32 Å². The molecular weight excluding hydrogens is 190 g/mol. The van der Waals surface area contributed by atoms with E-state index in [1.165, 1.54) is 0 Å². The molecule has 4 heteroatoms. The number of nitrogens with zero attached hydrogens (tertiary/aromatic N) is 2. The number of rotatable bonds is 3. The van der Waals surface area contributed by atoms with Crippen molar-refractivity contribution in [1.29, 1.82) is 0 Å². The SMILES string of the molecule is O=C(Cn1cccc1)Nc1ccccn1. The first-order valence-corrected chi connectivity index (χ1v) is 4.66. The molecule has 0 saturated heterocycles. The Balaban J connectivity index is 1.94. The highest BCUT2D eigenvalue weighted by atomic mass is 16.2. The Kier molecular flexibility index (Phi) is 2.78. The molecule has 2 rings (SSSR count). The number of amides is 1. The fraction of sp³-hybridized carbons (Fsp3) is 0.0909. The van der Waals surface area contributed by atoms with Crippen LogP contribution in [0.25, 0.3) is 0 Å². The molecular formula is C11H11N3O. The molecule has 0 radical (unpaired) electrons. The van der Waals surface area contributed by atoms with Gasteiger partial charge in [-0.2, -0.15) is 0 Å². The molecule has 0 bridgehead atoms. The molecule has 0 atom stereocenters. The minimum Gasteiger partial charge on any atom is -0.345 e. The number of carbonyl (C=O) groups excluding carboxylic acids is 1. The lowest BCUT2D eigenvalue weighted by molar-refractivity contribution is -0.116. The van der Waals surface area contributed by atoms with Gasteiger partial charge in [-0.25, -0.2) is 4.98 Å². The Morgan fingerprint density at radius 2 is 2.07 bits per heavy atom. The number of hydrogen-bond acceptors (Lipinski definition) is 2. The summed E-state index contributed by atoms with van der Waals surface area (Å²) < 4.78 is 1.80. The average molecular weight is 201 g/mol. The number of anilines is 1. The second kappa shape index (κ2) is 4.41. The number of hydrogen-bond donors (Lipinski definition) is 1. The number of pyridine rings is 1. The van der Waals surface area contributed by atoms with Gasteiger partial charge in [0.15, 0.2) is 0 Å². The van der Waals surface area contributed by atoms with Crippen molar-refractivity contribution in [1.82, 2.24) is 9.55 Å². The third kappa shape index (κ3) is 2.67. The summed E-state index contributed by atoms with van der Waals surface area (Å²) in [4.78, 5) is 15.5. The van der Waals surface area contributed by atoms with Gasteiger partial charge in [0.2, 0.25) is 5.91 Å². The molecule has 76 valence electrons. The van der Waals surface area contributed by atoms with Crippen LogP contribution in [-0.4, -0.2) is 15.5 Å². The van der Waals surface area contributed by atoms with Crippen LogP contribution in [0.4, 0.5) is 5.82 Å². The lowest BCUT2D eigenvalue weighted by atomic mass is 10.4. The third-order valence-electron chi connectivity index (χ3n) is 1.92. The zero-order valence-corrected chi connectivity index (χ0v) is 8.13. The van der Waals surface area contributed by atoms with Crippen LogP contribution in [0, 0.1) is 0 Å². The molecule has 2 aromatic rings. The Hall–Kier alpha value is -2.10. The monoisotopic (exact) mass is 201 g/mol. The first-order chi connectivity index (χ1) is 7.34. The highest BCUT2D eigenvalue weighted by molar-refractivity contribution is 5.89. The highest BCUT2D eigenvalue weighted by Crippen LogP contribution is 2.00.